The number of aromatic nitrogens is 1. The lowest BCUT2D eigenvalue weighted by atomic mass is 10.1. The molecule has 146 valence electrons. The number of hydrogen-bond acceptors (Lipinski definition) is 6. The zero-order chi connectivity index (χ0) is 20.6. The van der Waals surface area contributed by atoms with Gasteiger partial charge in [-0.3, -0.25) is 14.8 Å². The molecule has 0 spiro atoms. The normalized spacial score (nSPS) is 11.5. The number of nitro groups is 1. The molecule has 0 aliphatic heterocycles. The number of hydrogen-bond donors (Lipinski definition) is 1. The first kappa shape index (κ1) is 18.6. The van der Waals surface area contributed by atoms with Gasteiger partial charge in [0.15, 0.2) is 5.75 Å². The van der Waals surface area contributed by atoms with Crippen molar-refractivity contribution in [1.29, 1.82) is 0 Å². The number of para-hydroxylation sites is 2. The lowest BCUT2D eigenvalue weighted by Gasteiger charge is -2.14. The fourth-order valence-electron chi connectivity index (χ4n) is 3.12. The monoisotopic (exact) mass is 409 g/mol. The third kappa shape index (κ3) is 3.32. The van der Waals surface area contributed by atoms with Crippen LogP contribution in [-0.2, 0) is 10.0 Å². The van der Waals surface area contributed by atoms with Gasteiger partial charge in [-0.05, 0) is 24.3 Å². The molecule has 0 saturated heterocycles. The van der Waals surface area contributed by atoms with E-state index >= 15 is 0 Å². The molecule has 1 heterocycles. The van der Waals surface area contributed by atoms with Crippen LogP contribution in [0.2, 0.25) is 0 Å². The summed E-state index contributed by atoms with van der Waals surface area (Å²) < 4.78 is 33.7. The summed E-state index contributed by atoms with van der Waals surface area (Å²) in [6, 6.07) is 17.8. The number of ether oxygens (including phenoxy) is 1. The second kappa shape index (κ2) is 7.02. The Labute approximate surface area is 166 Å². The lowest BCUT2D eigenvalue weighted by Crippen LogP contribution is -2.14. The van der Waals surface area contributed by atoms with Crippen molar-refractivity contribution in [2.24, 2.45) is 0 Å². The second-order valence-electron chi connectivity index (χ2n) is 6.22. The van der Waals surface area contributed by atoms with E-state index in [-0.39, 0.29) is 10.6 Å². The molecule has 0 aliphatic carbocycles. The highest BCUT2D eigenvalue weighted by Gasteiger charge is 2.23. The first-order chi connectivity index (χ1) is 13.9. The largest absolute Gasteiger partial charge is 0.490 e. The van der Waals surface area contributed by atoms with Gasteiger partial charge in [0.2, 0.25) is 0 Å². The molecule has 4 rings (SSSR count). The molecule has 29 heavy (non-hydrogen) atoms. The molecule has 4 aromatic rings. The fraction of sp³-hybridized carbons (Fsp3) is 0.0500. The summed E-state index contributed by atoms with van der Waals surface area (Å²) >= 11 is 0. The quantitative estimate of drug-likeness (QED) is 0.302. The van der Waals surface area contributed by atoms with E-state index < -0.39 is 20.6 Å². The van der Waals surface area contributed by atoms with Gasteiger partial charge in [0, 0.05) is 16.8 Å². The SMILES string of the molecule is COc1ccc(S(=O)(=O)Nc2c3ccccc3nc3ccccc23)cc1[N+](=O)[O-]. The van der Waals surface area contributed by atoms with Crippen LogP contribution in [0.25, 0.3) is 21.8 Å². The predicted molar refractivity (Wildman–Crippen MR) is 110 cm³/mol. The number of fused-ring (bicyclic) bond motifs is 2. The van der Waals surface area contributed by atoms with Gasteiger partial charge in [0.1, 0.15) is 0 Å². The van der Waals surface area contributed by atoms with Gasteiger partial charge in [-0.1, -0.05) is 36.4 Å². The number of pyridine rings is 1. The van der Waals surface area contributed by atoms with Crippen LogP contribution in [0.4, 0.5) is 11.4 Å². The van der Waals surface area contributed by atoms with Crippen LogP contribution < -0.4 is 9.46 Å². The number of benzene rings is 3. The smallest absolute Gasteiger partial charge is 0.312 e. The maximum absolute atomic E-state index is 13.1. The van der Waals surface area contributed by atoms with Crippen molar-refractivity contribution in [2.45, 2.75) is 4.90 Å². The molecule has 0 fully saturated rings. The summed E-state index contributed by atoms with van der Waals surface area (Å²) in [4.78, 5) is 14.9. The van der Waals surface area contributed by atoms with Crippen molar-refractivity contribution >= 4 is 43.2 Å². The van der Waals surface area contributed by atoms with Crippen LogP contribution in [0, 0.1) is 10.1 Å². The Kier molecular flexibility index (Phi) is 4.51. The summed E-state index contributed by atoms with van der Waals surface area (Å²) in [6.07, 6.45) is 0. The molecule has 9 heteroatoms. The minimum atomic E-state index is -4.12. The molecular weight excluding hydrogens is 394 g/mol. The van der Waals surface area contributed by atoms with Crippen molar-refractivity contribution in [2.75, 3.05) is 11.8 Å². The van der Waals surface area contributed by atoms with E-state index in [1.807, 2.05) is 12.1 Å². The third-order valence-electron chi connectivity index (χ3n) is 4.48. The van der Waals surface area contributed by atoms with Crippen molar-refractivity contribution in [3.8, 4) is 5.75 Å². The number of nitro benzene ring substituents is 1. The summed E-state index contributed by atoms with van der Waals surface area (Å²) in [6.45, 7) is 0. The van der Waals surface area contributed by atoms with E-state index in [9.17, 15) is 18.5 Å². The van der Waals surface area contributed by atoms with Crippen LogP contribution in [0.15, 0.2) is 71.6 Å². The summed E-state index contributed by atoms with van der Waals surface area (Å²) in [5.41, 5.74) is 1.19. The number of anilines is 1. The Morgan fingerprint density at radius 2 is 1.55 bits per heavy atom. The maximum Gasteiger partial charge on any atom is 0.312 e. The third-order valence-corrected chi connectivity index (χ3v) is 5.83. The number of sulfonamides is 1. The number of methoxy groups -OCH3 is 1. The van der Waals surface area contributed by atoms with E-state index in [1.165, 1.54) is 19.2 Å². The summed E-state index contributed by atoms with van der Waals surface area (Å²) in [7, 11) is -2.83. The van der Waals surface area contributed by atoms with Gasteiger partial charge in [0.25, 0.3) is 10.0 Å². The van der Waals surface area contributed by atoms with Gasteiger partial charge in [-0.2, -0.15) is 0 Å². The van der Waals surface area contributed by atoms with Gasteiger partial charge in [0.05, 0.1) is 33.6 Å². The molecular formula is C20H15N3O5S. The molecule has 0 amide bonds. The Morgan fingerprint density at radius 1 is 0.966 bits per heavy atom. The van der Waals surface area contributed by atoms with Gasteiger partial charge < -0.3 is 4.74 Å². The summed E-state index contributed by atoms with van der Waals surface area (Å²) in [5.74, 6) is -0.0197. The molecule has 8 nitrogen and oxygen atoms in total. The highest BCUT2D eigenvalue weighted by atomic mass is 32.2. The standard InChI is InChI=1S/C20H15N3O5S/c1-28-19-11-10-13(12-18(19)23(24)25)29(26,27)22-20-14-6-2-4-8-16(14)21-17-9-5-3-7-15(17)20/h2-12H,1H3,(H,21,22). The van der Waals surface area contributed by atoms with Crippen molar-refractivity contribution < 1.29 is 18.1 Å². The van der Waals surface area contributed by atoms with Crippen molar-refractivity contribution in [3.05, 3.63) is 76.8 Å². The highest BCUT2D eigenvalue weighted by molar-refractivity contribution is 7.92. The Bertz CT molecular complexity index is 1320. The average molecular weight is 409 g/mol. The first-order valence-corrected chi connectivity index (χ1v) is 10.0. The average Bonchev–Trinajstić information content (AvgIpc) is 2.73. The van der Waals surface area contributed by atoms with Gasteiger partial charge in [-0.25, -0.2) is 13.4 Å². The predicted octanol–water partition coefficient (Wildman–Crippen LogP) is 4.11. The maximum atomic E-state index is 13.1. The lowest BCUT2D eigenvalue weighted by molar-refractivity contribution is -0.386. The van der Waals surface area contributed by atoms with Crippen LogP contribution in [0.5, 0.6) is 5.75 Å². The first-order valence-electron chi connectivity index (χ1n) is 8.53. The molecule has 0 bridgehead atoms. The van der Waals surface area contributed by atoms with E-state index in [0.717, 1.165) is 6.07 Å². The zero-order valence-electron chi connectivity index (χ0n) is 15.2. The Morgan fingerprint density at radius 3 is 2.10 bits per heavy atom. The molecule has 0 saturated carbocycles. The van der Waals surface area contributed by atoms with E-state index in [4.69, 9.17) is 4.74 Å². The number of nitrogens with one attached hydrogen (secondary N) is 1. The van der Waals surface area contributed by atoms with E-state index in [2.05, 4.69) is 9.71 Å². The number of nitrogens with zero attached hydrogens (tertiary/aromatic N) is 2. The molecule has 0 radical (unpaired) electrons. The summed E-state index contributed by atoms with van der Waals surface area (Å²) in [5, 5.41) is 12.5. The minimum Gasteiger partial charge on any atom is -0.490 e. The molecule has 1 N–H and O–H groups in total. The van der Waals surface area contributed by atoms with E-state index in [0.29, 0.717) is 27.5 Å². The minimum absolute atomic E-state index is 0.0197. The van der Waals surface area contributed by atoms with E-state index in [1.54, 1.807) is 36.4 Å². The van der Waals surface area contributed by atoms with Crippen LogP contribution in [-0.4, -0.2) is 25.4 Å². The molecule has 1 aromatic heterocycles. The molecule has 0 aliphatic rings. The van der Waals surface area contributed by atoms with Gasteiger partial charge in [-0.15, -0.1) is 0 Å². The fourth-order valence-corrected chi connectivity index (χ4v) is 4.24. The second-order valence-corrected chi connectivity index (χ2v) is 7.90. The topological polar surface area (TPSA) is 111 Å². The van der Waals surface area contributed by atoms with Crippen molar-refractivity contribution in [3.63, 3.8) is 0 Å². The van der Waals surface area contributed by atoms with Gasteiger partial charge >= 0.3 is 5.69 Å². The Balaban J connectivity index is 1.90. The molecule has 0 atom stereocenters. The Hall–Kier alpha value is -3.72. The molecule has 3 aromatic carbocycles. The van der Waals surface area contributed by atoms with Crippen LogP contribution in [0.3, 0.4) is 0 Å². The number of rotatable bonds is 5. The van der Waals surface area contributed by atoms with Crippen molar-refractivity contribution in [1.82, 2.24) is 4.98 Å². The molecule has 0 unspecified atom stereocenters. The highest BCUT2D eigenvalue weighted by Crippen LogP contribution is 2.34. The van der Waals surface area contributed by atoms with Crippen LogP contribution >= 0.6 is 0 Å². The van der Waals surface area contributed by atoms with Crippen LogP contribution in [0.1, 0.15) is 0 Å². The zero-order valence-corrected chi connectivity index (χ0v) is 16.0.